The maximum Gasteiger partial charge on any atom is 0.308 e. The van der Waals surface area contributed by atoms with E-state index in [1.165, 1.54) is 0 Å². The summed E-state index contributed by atoms with van der Waals surface area (Å²) < 4.78 is 5.59. The van der Waals surface area contributed by atoms with E-state index in [0.717, 1.165) is 13.0 Å². The molecular formula is C12H13N3O3. The van der Waals surface area contributed by atoms with E-state index in [4.69, 9.17) is 9.52 Å². The van der Waals surface area contributed by atoms with Gasteiger partial charge >= 0.3 is 5.97 Å². The van der Waals surface area contributed by atoms with Crippen molar-refractivity contribution >= 4 is 23.2 Å². The van der Waals surface area contributed by atoms with Gasteiger partial charge in [0.05, 0.1) is 5.92 Å². The van der Waals surface area contributed by atoms with Crippen LogP contribution < -0.4 is 4.90 Å². The van der Waals surface area contributed by atoms with Crippen molar-refractivity contribution in [2.45, 2.75) is 12.8 Å². The van der Waals surface area contributed by atoms with Crippen LogP contribution in [-0.4, -0.2) is 34.1 Å². The number of carbonyl (C=O) groups is 1. The molecule has 3 heterocycles. The van der Waals surface area contributed by atoms with Crippen LogP contribution in [0.25, 0.3) is 11.2 Å². The summed E-state index contributed by atoms with van der Waals surface area (Å²) >= 11 is 0. The molecule has 1 unspecified atom stereocenters. The van der Waals surface area contributed by atoms with Crippen molar-refractivity contribution in [1.29, 1.82) is 0 Å². The van der Waals surface area contributed by atoms with Crippen LogP contribution in [-0.2, 0) is 4.79 Å². The van der Waals surface area contributed by atoms with Crippen molar-refractivity contribution in [3.05, 3.63) is 18.3 Å². The molecule has 2 aromatic rings. The maximum atomic E-state index is 11.0. The lowest BCUT2D eigenvalue weighted by molar-refractivity contribution is -0.141. The molecule has 0 amide bonds. The monoisotopic (exact) mass is 247 g/mol. The Kier molecular flexibility index (Phi) is 2.62. The van der Waals surface area contributed by atoms with Gasteiger partial charge in [-0.05, 0) is 25.0 Å². The minimum Gasteiger partial charge on any atom is -0.481 e. The number of nitrogens with zero attached hydrogens (tertiary/aromatic N) is 3. The van der Waals surface area contributed by atoms with Crippen LogP contribution in [0.4, 0.5) is 6.01 Å². The Hall–Kier alpha value is -2.11. The summed E-state index contributed by atoms with van der Waals surface area (Å²) in [5.74, 6) is -1.10. The lowest BCUT2D eigenvalue weighted by Gasteiger charge is -2.29. The third-order valence-corrected chi connectivity index (χ3v) is 3.19. The Morgan fingerprint density at radius 3 is 3.22 bits per heavy atom. The number of carboxylic acid groups (broad SMARTS) is 1. The minimum atomic E-state index is -0.756. The number of aromatic nitrogens is 2. The number of hydrogen-bond acceptors (Lipinski definition) is 5. The van der Waals surface area contributed by atoms with Crippen molar-refractivity contribution < 1.29 is 14.3 Å². The first-order chi connectivity index (χ1) is 8.74. The van der Waals surface area contributed by atoms with Gasteiger partial charge in [0.2, 0.25) is 5.65 Å². The smallest absolute Gasteiger partial charge is 0.308 e. The zero-order valence-electron chi connectivity index (χ0n) is 9.74. The Labute approximate surface area is 103 Å². The molecule has 3 rings (SSSR count). The molecular weight excluding hydrogens is 234 g/mol. The highest BCUT2D eigenvalue weighted by atomic mass is 16.4. The first kappa shape index (κ1) is 11.0. The van der Waals surface area contributed by atoms with Crippen molar-refractivity contribution in [1.82, 2.24) is 9.97 Å². The highest BCUT2D eigenvalue weighted by Crippen LogP contribution is 2.25. The Morgan fingerprint density at radius 2 is 2.44 bits per heavy atom. The average Bonchev–Trinajstić information content (AvgIpc) is 2.82. The van der Waals surface area contributed by atoms with E-state index in [0.29, 0.717) is 30.2 Å². The number of hydrogen-bond donors (Lipinski definition) is 1. The van der Waals surface area contributed by atoms with E-state index in [1.54, 1.807) is 18.3 Å². The summed E-state index contributed by atoms with van der Waals surface area (Å²) in [5, 5.41) is 9.05. The number of carboxylic acids is 1. The van der Waals surface area contributed by atoms with Crippen LogP contribution in [0, 0.1) is 5.92 Å². The zero-order valence-corrected chi connectivity index (χ0v) is 9.74. The molecule has 6 nitrogen and oxygen atoms in total. The second kappa shape index (κ2) is 4.29. The largest absolute Gasteiger partial charge is 0.481 e. The molecule has 1 atom stereocenters. The van der Waals surface area contributed by atoms with Crippen LogP contribution >= 0.6 is 0 Å². The van der Waals surface area contributed by atoms with Gasteiger partial charge in [-0.3, -0.25) is 4.79 Å². The molecule has 0 aliphatic carbocycles. The van der Waals surface area contributed by atoms with E-state index >= 15 is 0 Å². The number of aliphatic carboxylic acids is 1. The van der Waals surface area contributed by atoms with Crippen molar-refractivity contribution in [3.63, 3.8) is 0 Å². The van der Waals surface area contributed by atoms with Gasteiger partial charge in [-0.15, -0.1) is 0 Å². The summed E-state index contributed by atoms with van der Waals surface area (Å²) in [4.78, 5) is 21.3. The van der Waals surface area contributed by atoms with Crippen LogP contribution in [0.1, 0.15) is 12.8 Å². The van der Waals surface area contributed by atoms with Gasteiger partial charge in [0.1, 0.15) is 0 Å². The molecule has 1 saturated heterocycles. The topological polar surface area (TPSA) is 79.5 Å². The molecule has 0 saturated carbocycles. The second-order valence-electron chi connectivity index (χ2n) is 4.44. The summed E-state index contributed by atoms with van der Waals surface area (Å²) in [6, 6.07) is 4.06. The molecule has 94 valence electrons. The van der Waals surface area contributed by atoms with Gasteiger partial charge in [0, 0.05) is 19.3 Å². The first-order valence-electron chi connectivity index (χ1n) is 5.93. The Balaban J connectivity index is 1.87. The number of pyridine rings is 1. The van der Waals surface area contributed by atoms with E-state index in [2.05, 4.69) is 9.97 Å². The zero-order chi connectivity index (χ0) is 12.5. The van der Waals surface area contributed by atoms with E-state index in [-0.39, 0.29) is 5.92 Å². The third kappa shape index (κ3) is 1.90. The molecule has 18 heavy (non-hydrogen) atoms. The lowest BCUT2D eigenvalue weighted by Crippen LogP contribution is -2.38. The Morgan fingerprint density at radius 1 is 1.56 bits per heavy atom. The number of oxazole rings is 1. The van der Waals surface area contributed by atoms with Crippen molar-refractivity contribution in [2.75, 3.05) is 18.0 Å². The Bertz CT molecular complexity index is 548. The molecule has 0 radical (unpaired) electrons. The van der Waals surface area contributed by atoms with Gasteiger partial charge in [-0.1, -0.05) is 0 Å². The fraction of sp³-hybridized carbons (Fsp3) is 0.417. The molecule has 1 aliphatic rings. The number of rotatable bonds is 2. The summed E-state index contributed by atoms with van der Waals surface area (Å²) in [6.45, 7) is 1.22. The predicted molar refractivity (Wildman–Crippen MR) is 64.4 cm³/mol. The van der Waals surface area contributed by atoms with Gasteiger partial charge in [-0.2, -0.15) is 4.98 Å². The van der Waals surface area contributed by atoms with Gasteiger partial charge in [0.25, 0.3) is 6.01 Å². The molecule has 0 spiro atoms. The van der Waals surface area contributed by atoms with Crippen LogP contribution in [0.5, 0.6) is 0 Å². The summed E-state index contributed by atoms with van der Waals surface area (Å²) in [5.41, 5.74) is 1.19. The minimum absolute atomic E-state index is 0.346. The molecule has 1 N–H and O–H groups in total. The van der Waals surface area contributed by atoms with Crippen LogP contribution in [0.3, 0.4) is 0 Å². The third-order valence-electron chi connectivity index (χ3n) is 3.19. The molecule has 1 fully saturated rings. The van der Waals surface area contributed by atoms with Gasteiger partial charge < -0.3 is 14.4 Å². The highest BCUT2D eigenvalue weighted by molar-refractivity contribution is 5.72. The standard InChI is InChI=1S/C12H13N3O3/c16-11(17)8-3-2-6-15(7-8)12-14-10-9(18-12)4-1-5-13-10/h1,4-5,8H,2-3,6-7H2,(H,16,17). The predicted octanol–water partition coefficient (Wildman–Crippen LogP) is 1.52. The lowest BCUT2D eigenvalue weighted by atomic mass is 9.99. The quantitative estimate of drug-likeness (QED) is 0.866. The summed E-state index contributed by atoms with van der Waals surface area (Å²) in [7, 11) is 0. The maximum absolute atomic E-state index is 11.0. The highest BCUT2D eigenvalue weighted by Gasteiger charge is 2.27. The molecule has 2 aromatic heterocycles. The van der Waals surface area contributed by atoms with E-state index in [1.807, 2.05) is 4.90 Å². The fourth-order valence-corrected chi connectivity index (χ4v) is 2.25. The van der Waals surface area contributed by atoms with E-state index in [9.17, 15) is 4.79 Å². The van der Waals surface area contributed by atoms with Crippen LogP contribution in [0.2, 0.25) is 0 Å². The summed E-state index contributed by atoms with van der Waals surface area (Å²) in [6.07, 6.45) is 3.21. The fourth-order valence-electron chi connectivity index (χ4n) is 2.25. The first-order valence-corrected chi connectivity index (χ1v) is 5.93. The number of piperidine rings is 1. The number of anilines is 1. The van der Waals surface area contributed by atoms with Crippen LogP contribution in [0.15, 0.2) is 22.7 Å². The molecule has 1 aliphatic heterocycles. The van der Waals surface area contributed by atoms with Gasteiger partial charge in [0.15, 0.2) is 5.58 Å². The number of fused-ring (bicyclic) bond motifs is 1. The molecule has 0 bridgehead atoms. The van der Waals surface area contributed by atoms with Gasteiger partial charge in [-0.25, -0.2) is 4.98 Å². The van der Waals surface area contributed by atoms with Crippen molar-refractivity contribution in [2.24, 2.45) is 5.92 Å². The van der Waals surface area contributed by atoms with Crippen molar-refractivity contribution in [3.8, 4) is 0 Å². The normalized spacial score (nSPS) is 20.2. The molecule has 0 aromatic carbocycles. The second-order valence-corrected chi connectivity index (χ2v) is 4.44. The molecule has 6 heteroatoms. The van der Waals surface area contributed by atoms with E-state index < -0.39 is 5.97 Å². The SMILES string of the molecule is O=C(O)C1CCCN(c2nc3ncccc3o2)C1. The average molecular weight is 247 g/mol.